The first-order valence-electron chi connectivity index (χ1n) is 6.04. The predicted molar refractivity (Wildman–Crippen MR) is 80.4 cm³/mol. The molecule has 5 heteroatoms. The summed E-state index contributed by atoms with van der Waals surface area (Å²) in [6.45, 7) is 0. The molecule has 0 fully saturated rings. The number of nitrogens with zero attached hydrogens (tertiary/aromatic N) is 3. The third kappa shape index (κ3) is 3.03. The van der Waals surface area contributed by atoms with Crippen LogP contribution in [0.1, 0.15) is 5.56 Å². The first-order chi connectivity index (χ1) is 9.65. The molecule has 0 spiro atoms. The Labute approximate surface area is 123 Å². The van der Waals surface area contributed by atoms with Crippen molar-refractivity contribution in [3.05, 3.63) is 42.1 Å². The van der Waals surface area contributed by atoms with Gasteiger partial charge in [-0.3, -0.25) is 0 Å². The molecular formula is C15H15N3OS. The molecule has 0 aliphatic rings. The monoisotopic (exact) mass is 285 g/mol. The third-order valence-electron chi connectivity index (χ3n) is 2.76. The Morgan fingerprint density at radius 2 is 1.90 bits per heavy atom. The summed E-state index contributed by atoms with van der Waals surface area (Å²) < 4.78 is 5.13. The molecule has 20 heavy (non-hydrogen) atoms. The molecule has 1 aromatic carbocycles. The van der Waals surface area contributed by atoms with Crippen molar-refractivity contribution in [2.75, 3.05) is 26.1 Å². The van der Waals surface area contributed by atoms with Gasteiger partial charge < -0.3 is 9.64 Å². The highest BCUT2D eigenvalue weighted by Gasteiger charge is 2.12. The van der Waals surface area contributed by atoms with Crippen LogP contribution in [0.15, 0.2) is 46.5 Å². The van der Waals surface area contributed by atoms with E-state index in [9.17, 15) is 5.26 Å². The van der Waals surface area contributed by atoms with Gasteiger partial charge in [-0.15, -0.1) is 0 Å². The molecular weight excluding hydrogens is 270 g/mol. The van der Waals surface area contributed by atoms with Crippen molar-refractivity contribution in [1.29, 1.82) is 5.26 Å². The number of rotatable bonds is 4. The molecule has 0 bridgehead atoms. The fourth-order valence-corrected chi connectivity index (χ4v) is 2.60. The minimum atomic E-state index is 0.596. The summed E-state index contributed by atoms with van der Waals surface area (Å²) in [4.78, 5) is 7.25. The summed E-state index contributed by atoms with van der Waals surface area (Å²) in [6.07, 6.45) is 1.72. The first-order valence-corrected chi connectivity index (χ1v) is 6.85. The first kappa shape index (κ1) is 14.2. The van der Waals surface area contributed by atoms with Crippen molar-refractivity contribution in [3.8, 4) is 11.8 Å². The van der Waals surface area contributed by atoms with Crippen LogP contribution in [0.25, 0.3) is 0 Å². The maximum absolute atomic E-state index is 9.36. The van der Waals surface area contributed by atoms with Gasteiger partial charge in [0.05, 0.1) is 12.8 Å². The zero-order valence-corrected chi connectivity index (χ0v) is 12.4. The average molecular weight is 285 g/mol. The lowest BCUT2D eigenvalue weighted by Gasteiger charge is -2.15. The minimum Gasteiger partial charge on any atom is -0.497 e. The molecule has 0 aliphatic carbocycles. The van der Waals surface area contributed by atoms with Gasteiger partial charge >= 0.3 is 0 Å². The highest BCUT2D eigenvalue weighted by Crippen LogP contribution is 2.33. The maximum Gasteiger partial charge on any atom is 0.121 e. The topological polar surface area (TPSA) is 49.1 Å². The fourth-order valence-electron chi connectivity index (χ4n) is 1.74. The van der Waals surface area contributed by atoms with Crippen molar-refractivity contribution in [3.63, 3.8) is 0 Å². The van der Waals surface area contributed by atoms with E-state index in [1.165, 1.54) is 11.8 Å². The van der Waals surface area contributed by atoms with E-state index in [2.05, 4.69) is 11.1 Å². The maximum atomic E-state index is 9.36. The largest absolute Gasteiger partial charge is 0.497 e. The average Bonchev–Trinajstić information content (AvgIpc) is 2.47. The van der Waals surface area contributed by atoms with Crippen molar-refractivity contribution >= 4 is 17.4 Å². The quantitative estimate of drug-likeness (QED) is 0.863. The molecule has 0 N–H and O–H groups in total. The molecule has 102 valence electrons. The number of pyridine rings is 1. The second kappa shape index (κ2) is 6.31. The Kier molecular flexibility index (Phi) is 4.49. The molecule has 2 aromatic rings. The van der Waals surface area contributed by atoms with Crippen molar-refractivity contribution in [1.82, 2.24) is 4.98 Å². The second-order valence-corrected chi connectivity index (χ2v) is 5.36. The molecule has 1 aromatic heterocycles. The van der Waals surface area contributed by atoms with Gasteiger partial charge in [-0.2, -0.15) is 5.26 Å². The van der Waals surface area contributed by atoms with E-state index in [0.717, 1.165) is 16.3 Å². The van der Waals surface area contributed by atoms with Crippen LogP contribution in [-0.4, -0.2) is 26.2 Å². The number of aromatic nitrogens is 1. The van der Waals surface area contributed by atoms with Gasteiger partial charge in [0.25, 0.3) is 0 Å². The Balaban J connectivity index is 2.33. The summed E-state index contributed by atoms with van der Waals surface area (Å²) in [5.74, 6) is 0.810. The highest BCUT2D eigenvalue weighted by molar-refractivity contribution is 7.99. The van der Waals surface area contributed by atoms with Gasteiger partial charge in [0.1, 0.15) is 22.4 Å². The van der Waals surface area contributed by atoms with Crippen LogP contribution in [0.4, 0.5) is 5.69 Å². The van der Waals surface area contributed by atoms with Gasteiger partial charge in [-0.05, 0) is 30.3 Å². The normalized spacial score (nSPS) is 9.90. The smallest absolute Gasteiger partial charge is 0.121 e. The molecule has 0 unspecified atom stereocenters. The summed E-state index contributed by atoms with van der Waals surface area (Å²) in [5.41, 5.74) is 1.47. The zero-order chi connectivity index (χ0) is 14.5. The van der Waals surface area contributed by atoms with Crippen molar-refractivity contribution in [2.45, 2.75) is 9.92 Å². The molecule has 0 amide bonds. The van der Waals surface area contributed by atoms with E-state index < -0.39 is 0 Å². The molecule has 0 saturated heterocycles. The number of benzene rings is 1. The predicted octanol–water partition coefficient (Wildman–Crippen LogP) is 3.18. The van der Waals surface area contributed by atoms with Crippen LogP contribution in [0.3, 0.4) is 0 Å². The zero-order valence-electron chi connectivity index (χ0n) is 11.6. The van der Waals surface area contributed by atoms with Crippen LogP contribution >= 0.6 is 11.8 Å². The summed E-state index contributed by atoms with van der Waals surface area (Å²) in [7, 11) is 5.47. The van der Waals surface area contributed by atoms with Crippen molar-refractivity contribution < 1.29 is 4.74 Å². The molecule has 4 nitrogen and oxygen atoms in total. The van der Waals surface area contributed by atoms with Gasteiger partial charge in [0, 0.05) is 25.2 Å². The standard InChI is InChI=1S/C15H15N3OS/c1-18(2)14-8-9-17-15(13(14)10-16)20-12-6-4-11(19-3)5-7-12/h4-9H,1-3H3. The number of nitriles is 1. The van der Waals surface area contributed by atoms with E-state index in [4.69, 9.17) is 4.74 Å². The van der Waals surface area contributed by atoms with Gasteiger partial charge in [-0.25, -0.2) is 4.98 Å². The van der Waals surface area contributed by atoms with Gasteiger partial charge in [-0.1, -0.05) is 11.8 Å². The van der Waals surface area contributed by atoms with E-state index in [0.29, 0.717) is 10.6 Å². The van der Waals surface area contributed by atoms with Crippen LogP contribution < -0.4 is 9.64 Å². The van der Waals surface area contributed by atoms with Crippen LogP contribution in [0.5, 0.6) is 5.75 Å². The summed E-state index contributed by atoms with van der Waals surface area (Å²) >= 11 is 1.47. The lowest BCUT2D eigenvalue weighted by molar-refractivity contribution is 0.414. The Hall–Kier alpha value is -2.19. The molecule has 0 aliphatic heterocycles. The second-order valence-electron chi connectivity index (χ2n) is 4.29. The van der Waals surface area contributed by atoms with E-state index >= 15 is 0 Å². The molecule has 0 atom stereocenters. The van der Waals surface area contributed by atoms with Crippen molar-refractivity contribution in [2.24, 2.45) is 0 Å². The number of anilines is 1. The fraction of sp³-hybridized carbons (Fsp3) is 0.200. The highest BCUT2D eigenvalue weighted by atomic mass is 32.2. The van der Waals surface area contributed by atoms with E-state index in [1.807, 2.05) is 49.3 Å². The van der Waals surface area contributed by atoms with Gasteiger partial charge in [0.2, 0.25) is 0 Å². The molecule has 2 rings (SSSR count). The van der Waals surface area contributed by atoms with E-state index in [-0.39, 0.29) is 0 Å². The Morgan fingerprint density at radius 1 is 1.20 bits per heavy atom. The summed E-state index contributed by atoms with van der Waals surface area (Å²) in [6, 6.07) is 11.8. The lowest BCUT2D eigenvalue weighted by Crippen LogP contribution is -2.11. The third-order valence-corrected chi connectivity index (χ3v) is 3.77. The number of hydrogen-bond donors (Lipinski definition) is 0. The molecule has 1 heterocycles. The SMILES string of the molecule is COc1ccc(Sc2nccc(N(C)C)c2C#N)cc1. The van der Waals surface area contributed by atoms with Crippen LogP contribution in [-0.2, 0) is 0 Å². The Bertz CT molecular complexity index is 633. The summed E-state index contributed by atoms with van der Waals surface area (Å²) in [5, 5.41) is 10.1. The Morgan fingerprint density at radius 3 is 2.45 bits per heavy atom. The minimum absolute atomic E-state index is 0.596. The number of methoxy groups -OCH3 is 1. The van der Waals surface area contributed by atoms with Crippen LogP contribution in [0, 0.1) is 11.3 Å². The van der Waals surface area contributed by atoms with E-state index in [1.54, 1.807) is 13.3 Å². The van der Waals surface area contributed by atoms with Gasteiger partial charge in [0.15, 0.2) is 0 Å². The molecule has 0 saturated carbocycles. The lowest BCUT2D eigenvalue weighted by atomic mass is 10.2. The molecule has 0 radical (unpaired) electrons. The number of hydrogen-bond acceptors (Lipinski definition) is 5. The van der Waals surface area contributed by atoms with Crippen LogP contribution in [0.2, 0.25) is 0 Å². The number of ether oxygens (including phenoxy) is 1.